The Morgan fingerprint density at radius 1 is 0.935 bits per heavy atom. The summed E-state index contributed by atoms with van der Waals surface area (Å²) in [6, 6.07) is 7.90. The van der Waals surface area contributed by atoms with Gasteiger partial charge in [-0.25, -0.2) is 22.8 Å². The zero-order valence-corrected chi connectivity index (χ0v) is 25.7. The summed E-state index contributed by atoms with van der Waals surface area (Å²) in [4.78, 5) is 26.7. The van der Waals surface area contributed by atoms with Gasteiger partial charge in [-0.05, 0) is 95.0 Å². The molecular weight excluding hydrogens is 622 g/mol. The summed E-state index contributed by atoms with van der Waals surface area (Å²) in [6.45, 7) is 3.09. The molecule has 0 bridgehead atoms. The number of nitrogens with zero attached hydrogens (tertiary/aromatic N) is 2. The molecule has 2 aromatic carbocycles. The number of hydrogen-bond donors (Lipinski definition) is 3. The molecule has 1 aliphatic carbocycles. The highest BCUT2D eigenvalue weighted by atomic mass is 19.4. The van der Waals surface area contributed by atoms with Crippen molar-refractivity contribution in [2.45, 2.75) is 68.2 Å². The number of benzene rings is 2. The first-order valence-corrected chi connectivity index (χ1v) is 14.9. The molecule has 3 aliphatic rings. The summed E-state index contributed by atoms with van der Waals surface area (Å²) in [5.41, 5.74) is 0.729. The summed E-state index contributed by atoms with van der Waals surface area (Å²) in [7, 11) is 5.43. The van der Waals surface area contributed by atoms with E-state index in [1.165, 1.54) is 5.56 Å². The van der Waals surface area contributed by atoms with Crippen molar-refractivity contribution in [3.05, 3.63) is 53.3 Å². The lowest BCUT2D eigenvalue weighted by Gasteiger charge is -2.48. The van der Waals surface area contributed by atoms with Crippen LogP contribution in [0, 0.1) is 17.5 Å². The fourth-order valence-corrected chi connectivity index (χ4v) is 6.93. The van der Waals surface area contributed by atoms with Crippen molar-refractivity contribution in [2.24, 2.45) is 0 Å². The number of urea groups is 1. The van der Waals surface area contributed by atoms with Crippen molar-refractivity contribution in [3.8, 4) is 11.5 Å². The van der Waals surface area contributed by atoms with Gasteiger partial charge in [0.05, 0.1) is 19.9 Å². The number of carboxylic acids is 1. The minimum atomic E-state index is -5.08. The average molecular weight is 661 g/mol. The number of amides is 2. The van der Waals surface area contributed by atoms with Crippen LogP contribution in [0.4, 0.5) is 36.8 Å². The van der Waals surface area contributed by atoms with E-state index in [1.54, 1.807) is 14.2 Å². The Morgan fingerprint density at radius 3 is 2.20 bits per heavy atom. The lowest BCUT2D eigenvalue weighted by atomic mass is 9.65. The molecule has 9 nitrogen and oxygen atoms in total. The van der Waals surface area contributed by atoms with Crippen LogP contribution < -0.4 is 20.1 Å². The van der Waals surface area contributed by atoms with E-state index in [9.17, 15) is 31.1 Å². The molecule has 15 heteroatoms. The van der Waals surface area contributed by atoms with E-state index < -0.39 is 41.3 Å². The number of aliphatic carboxylic acids is 1. The average Bonchev–Trinajstić information content (AvgIpc) is 3.41. The van der Waals surface area contributed by atoms with Crippen LogP contribution in [0.5, 0.6) is 11.5 Å². The molecule has 3 unspecified atom stereocenters. The number of methoxy groups -OCH3 is 2. The van der Waals surface area contributed by atoms with Crippen molar-refractivity contribution >= 4 is 17.7 Å². The predicted octanol–water partition coefficient (Wildman–Crippen LogP) is 5.53. The molecule has 3 atom stereocenters. The van der Waals surface area contributed by atoms with Gasteiger partial charge in [0, 0.05) is 23.5 Å². The Morgan fingerprint density at radius 2 is 1.59 bits per heavy atom. The Labute approximate surface area is 262 Å². The van der Waals surface area contributed by atoms with Crippen molar-refractivity contribution < 1.29 is 50.5 Å². The Hall–Kier alpha value is -3.72. The zero-order valence-electron chi connectivity index (χ0n) is 25.7. The molecule has 46 heavy (non-hydrogen) atoms. The standard InChI is InChI=1S/C29H37F3N4O3.C2HF3O2/c1-35-13-9-20(10-14-35)36-15-12-29(18-4-7-23(38-2)24(16-18)39-3)11-8-19(17-25(29)36)33-28(37)34-22-6-5-21(30)26(31)27(22)32;3-2(4,5)1(6)7/h4-7,16,19-20,25H,8-15,17H2,1-3H3,(H2,33,34,37);(H,6,7). The number of halogens is 6. The lowest BCUT2D eigenvalue weighted by Crippen LogP contribution is -2.56. The number of likely N-dealkylation sites (tertiary alicyclic amines) is 2. The number of carboxylic acid groups (broad SMARTS) is 1. The van der Waals surface area contributed by atoms with Gasteiger partial charge in [-0.3, -0.25) is 4.90 Å². The van der Waals surface area contributed by atoms with E-state index in [-0.39, 0.29) is 17.5 Å². The maximum absolute atomic E-state index is 14.1. The molecule has 2 amide bonds. The fraction of sp³-hybridized carbons (Fsp3) is 0.548. The van der Waals surface area contributed by atoms with Gasteiger partial charge in [-0.1, -0.05) is 6.07 Å². The van der Waals surface area contributed by atoms with Gasteiger partial charge < -0.3 is 30.1 Å². The first-order valence-electron chi connectivity index (χ1n) is 14.9. The second kappa shape index (κ2) is 14.4. The van der Waals surface area contributed by atoms with Gasteiger partial charge in [0.15, 0.2) is 29.0 Å². The van der Waals surface area contributed by atoms with Crippen LogP contribution in [0.15, 0.2) is 30.3 Å². The van der Waals surface area contributed by atoms with Crippen LogP contribution in [-0.4, -0.2) is 92.1 Å². The van der Waals surface area contributed by atoms with Gasteiger partial charge in [0.25, 0.3) is 0 Å². The van der Waals surface area contributed by atoms with Crippen LogP contribution in [-0.2, 0) is 10.2 Å². The summed E-state index contributed by atoms with van der Waals surface area (Å²) >= 11 is 0. The maximum Gasteiger partial charge on any atom is 0.490 e. The molecule has 2 saturated heterocycles. The van der Waals surface area contributed by atoms with Crippen LogP contribution in [0.25, 0.3) is 0 Å². The Kier molecular flexibility index (Phi) is 11.0. The highest BCUT2D eigenvalue weighted by Gasteiger charge is 2.53. The minimum Gasteiger partial charge on any atom is -0.493 e. The highest BCUT2D eigenvalue weighted by Crippen LogP contribution is 2.51. The second-order valence-corrected chi connectivity index (χ2v) is 11.9. The normalized spacial score (nSPS) is 23.9. The topological polar surface area (TPSA) is 103 Å². The monoisotopic (exact) mass is 660 g/mol. The van der Waals surface area contributed by atoms with E-state index in [2.05, 4.69) is 39.6 Å². The third-order valence-corrected chi connectivity index (χ3v) is 9.28. The summed E-state index contributed by atoms with van der Waals surface area (Å²) in [6.07, 6.45) is 0.458. The van der Waals surface area contributed by atoms with Gasteiger partial charge >= 0.3 is 18.2 Å². The van der Waals surface area contributed by atoms with Crippen molar-refractivity contribution in [3.63, 3.8) is 0 Å². The van der Waals surface area contributed by atoms with E-state index in [0.717, 1.165) is 70.3 Å². The highest BCUT2D eigenvalue weighted by molar-refractivity contribution is 5.89. The number of carbonyl (C=O) groups excluding carboxylic acids is 1. The van der Waals surface area contributed by atoms with E-state index >= 15 is 0 Å². The third-order valence-electron chi connectivity index (χ3n) is 9.28. The SMILES string of the molecule is COc1ccc(C23CCC(NC(=O)Nc4ccc(F)c(F)c4F)CC2N(C2CCN(C)CC2)CC3)cc1OC.O=C(O)C(F)(F)F. The molecule has 0 radical (unpaired) electrons. The molecule has 1 saturated carbocycles. The number of hydrogen-bond acceptors (Lipinski definition) is 6. The molecule has 0 spiro atoms. The van der Waals surface area contributed by atoms with E-state index in [4.69, 9.17) is 19.4 Å². The molecule has 2 heterocycles. The van der Waals surface area contributed by atoms with Crippen LogP contribution in [0.3, 0.4) is 0 Å². The largest absolute Gasteiger partial charge is 0.493 e. The van der Waals surface area contributed by atoms with E-state index in [1.807, 2.05) is 6.07 Å². The number of alkyl halides is 3. The first-order chi connectivity index (χ1) is 21.7. The van der Waals surface area contributed by atoms with Gasteiger partial charge in [0.2, 0.25) is 0 Å². The van der Waals surface area contributed by atoms with Crippen molar-refractivity contribution in [1.82, 2.24) is 15.1 Å². The number of fused-ring (bicyclic) bond motifs is 1. The van der Waals surface area contributed by atoms with Gasteiger partial charge in [0.1, 0.15) is 0 Å². The number of ether oxygens (including phenoxy) is 2. The van der Waals surface area contributed by atoms with E-state index in [0.29, 0.717) is 17.5 Å². The summed E-state index contributed by atoms with van der Waals surface area (Å²) in [5.74, 6) is -5.68. The van der Waals surface area contributed by atoms with Gasteiger partial charge in [-0.2, -0.15) is 13.2 Å². The molecule has 254 valence electrons. The Bertz CT molecular complexity index is 1400. The minimum absolute atomic E-state index is 0.0935. The van der Waals surface area contributed by atoms with Gasteiger partial charge in [-0.15, -0.1) is 0 Å². The molecule has 3 N–H and O–H groups in total. The fourth-order valence-electron chi connectivity index (χ4n) is 6.93. The van der Waals surface area contributed by atoms with Crippen LogP contribution in [0.2, 0.25) is 0 Å². The van der Waals surface area contributed by atoms with Crippen LogP contribution >= 0.6 is 0 Å². The lowest BCUT2D eigenvalue weighted by molar-refractivity contribution is -0.192. The smallest absolute Gasteiger partial charge is 0.490 e. The molecular formula is C31H38F6N4O5. The molecule has 5 rings (SSSR count). The zero-order chi connectivity index (χ0) is 33.8. The quantitative estimate of drug-likeness (QED) is 0.277. The summed E-state index contributed by atoms with van der Waals surface area (Å²) in [5, 5.41) is 12.4. The molecule has 2 aliphatic heterocycles. The number of anilines is 1. The molecule has 2 aromatic rings. The van der Waals surface area contributed by atoms with Crippen molar-refractivity contribution in [2.75, 3.05) is 46.2 Å². The number of rotatable bonds is 6. The molecule has 3 fully saturated rings. The first kappa shape index (κ1) is 35.1. The van der Waals surface area contributed by atoms with Crippen molar-refractivity contribution in [1.29, 1.82) is 0 Å². The predicted molar refractivity (Wildman–Crippen MR) is 157 cm³/mol. The number of carbonyl (C=O) groups is 2. The number of nitrogens with one attached hydrogen (secondary N) is 2. The Balaban J connectivity index is 0.000000617. The number of piperidine rings is 1. The second-order valence-electron chi connectivity index (χ2n) is 11.9. The summed E-state index contributed by atoms with van der Waals surface area (Å²) < 4.78 is 83.9. The van der Waals surface area contributed by atoms with Crippen LogP contribution in [0.1, 0.15) is 44.1 Å². The molecule has 0 aromatic heterocycles. The third kappa shape index (κ3) is 7.63. The maximum atomic E-state index is 14.1.